The van der Waals surface area contributed by atoms with Crippen molar-refractivity contribution in [3.8, 4) is 0 Å². The standard InChI is InChI=1S/C24H35NO6/c1-3-15-14-21-20-8-6-16-13-17(26)7-9-18(16)19(20)10-11-24(21,2)23(15)31-22(27)5-4-12-30-25(28)29/h13,15,18-21,23H,3-12,14H2,1-2H3/t15-,18-,19+,20+,21-,23-,24-/m0/s1. The fourth-order valence-electron chi connectivity index (χ4n) is 7.48. The molecular formula is C24H35NO6. The van der Waals surface area contributed by atoms with Gasteiger partial charge in [0.2, 0.25) is 0 Å². The van der Waals surface area contributed by atoms with Gasteiger partial charge in [0.25, 0.3) is 5.09 Å². The average Bonchev–Trinajstić information content (AvgIpc) is 3.02. The minimum absolute atomic E-state index is 0.000539. The van der Waals surface area contributed by atoms with Crippen LogP contribution in [0.3, 0.4) is 0 Å². The van der Waals surface area contributed by atoms with Crippen LogP contribution in [0.5, 0.6) is 0 Å². The van der Waals surface area contributed by atoms with E-state index in [-0.39, 0.29) is 30.5 Å². The van der Waals surface area contributed by atoms with E-state index in [9.17, 15) is 19.7 Å². The number of carbonyl (C=O) groups is 2. The molecule has 4 rings (SSSR count). The van der Waals surface area contributed by atoms with Gasteiger partial charge in [0.05, 0.1) is 6.61 Å². The molecule has 0 bridgehead atoms. The lowest BCUT2D eigenvalue weighted by Gasteiger charge is -2.53. The van der Waals surface area contributed by atoms with Crippen molar-refractivity contribution in [3.63, 3.8) is 0 Å². The molecule has 7 atom stereocenters. The van der Waals surface area contributed by atoms with Gasteiger partial charge in [0.1, 0.15) is 6.10 Å². The SMILES string of the molecule is CC[C@H]1C[C@H]2[C@@H]3CCC4=CC(=O)CC[C@@H]4[C@H]3CC[C@]2(C)[C@H]1OC(=O)CCCO[N+](=O)[O-]. The first-order chi connectivity index (χ1) is 14.8. The molecule has 31 heavy (non-hydrogen) atoms. The van der Waals surface area contributed by atoms with Gasteiger partial charge in [-0.25, -0.2) is 0 Å². The van der Waals surface area contributed by atoms with Crippen LogP contribution in [0.25, 0.3) is 0 Å². The molecule has 3 fully saturated rings. The number of hydrogen-bond donors (Lipinski definition) is 0. The van der Waals surface area contributed by atoms with Crippen LogP contribution in [-0.2, 0) is 19.2 Å². The number of esters is 1. The Balaban J connectivity index is 1.44. The number of hydrogen-bond acceptors (Lipinski definition) is 6. The third-order valence-electron chi connectivity index (χ3n) is 8.88. The van der Waals surface area contributed by atoms with Crippen molar-refractivity contribution < 1.29 is 24.3 Å². The van der Waals surface area contributed by atoms with E-state index in [2.05, 4.69) is 18.7 Å². The highest BCUT2D eigenvalue weighted by Crippen LogP contribution is 2.64. The lowest BCUT2D eigenvalue weighted by Crippen LogP contribution is -2.48. The van der Waals surface area contributed by atoms with Crippen molar-refractivity contribution in [2.45, 2.75) is 84.2 Å². The second-order valence-electron chi connectivity index (χ2n) is 10.3. The fraction of sp³-hybridized carbons (Fsp3) is 0.833. The highest BCUT2D eigenvalue weighted by atomic mass is 16.9. The van der Waals surface area contributed by atoms with Crippen LogP contribution >= 0.6 is 0 Å². The molecule has 7 nitrogen and oxygen atoms in total. The van der Waals surface area contributed by atoms with Gasteiger partial charge in [-0.3, -0.25) is 9.59 Å². The van der Waals surface area contributed by atoms with Crippen molar-refractivity contribution >= 4 is 11.8 Å². The molecule has 0 saturated heterocycles. The zero-order chi connectivity index (χ0) is 22.2. The maximum absolute atomic E-state index is 12.5. The summed E-state index contributed by atoms with van der Waals surface area (Å²) in [4.78, 5) is 39.0. The lowest BCUT2D eigenvalue weighted by molar-refractivity contribution is -0.757. The van der Waals surface area contributed by atoms with Crippen LogP contribution in [0.15, 0.2) is 11.6 Å². The first kappa shape index (κ1) is 22.3. The summed E-state index contributed by atoms with van der Waals surface area (Å²) in [5, 5.41) is 9.44. The Hall–Kier alpha value is -1.92. The van der Waals surface area contributed by atoms with E-state index in [4.69, 9.17) is 4.74 Å². The summed E-state index contributed by atoms with van der Waals surface area (Å²) in [5.74, 6) is 2.86. The summed E-state index contributed by atoms with van der Waals surface area (Å²) in [6, 6.07) is 0. The largest absolute Gasteiger partial charge is 0.461 e. The molecular weight excluding hydrogens is 398 g/mol. The molecule has 0 N–H and O–H groups in total. The van der Waals surface area contributed by atoms with E-state index in [0.29, 0.717) is 48.2 Å². The van der Waals surface area contributed by atoms with E-state index in [1.165, 1.54) is 5.57 Å². The van der Waals surface area contributed by atoms with E-state index < -0.39 is 5.09 Å². The maximum atomic E-state index is 12.5. The Bertz CT molecular complexity index is 763. The molecule has 0 spiro atoms. The molecule has 0 unspecified atom stereocenters. The fourth-order valence-corrected chi connectivity index (χ4v) is 7.48. The number of ketones is 1. The van der Waals surface area contributed by atoms with Crippen molar-refractivity contribution in [2.75, 3.05) is 6.61 Å². The number of carbonyl (C=O) groups excluding carboxylic acids is 2. The van der Waals surface area contributed by atoms with Crippen molar-refractivity contribution in [1.29, 1.82) is 0 Å². The predicted molar refractivity (Wildman–Crippen MR) is 113 cm³/mol. The summed E-state index contributed by atoms with van der Waals surface area (Å²) in [6.07, 6.45) is 10.5. The molecule has 0 radical (unpaired) electrons. The van der Waals surface area contributed by atoms with Crippen molar-refractivity contribution in [3.05, 3.63) is 21.8 Å². The number of allylic oxidation sites excluding steroid dienone is 1. The van der Waals surface area contributed by atoms with Gasteiger partial charge >= 0.3 is 5.97 Å². The molecule has 3 saturated carbocycles. The Morgan fingerprint density at radius 2 is 2.06 bits per heavy atom. The van der Waals surface area contributed by atoms with Crippen LogP contribution in [-0.4, -0.2) is 29.6 Å². The first-order valence-electron chi connectivity index (χ1n) is 12.0. The monoisotopic (exact) mass is 433 g/mol. The Morgan fingerprint density at radius 1 is 1.26 bits per heavy atom. The zero-order valence-corrected chi connectivity index (χ0v) is 18.7. The van der Waals surface area contributed by atoms with Gasteiger partial charge in [0, 0.05) is 18.3 Å². The van der Waals surface area contributed by atoms with Crippen molar-refractivity contribution in [2.24, 2.45) is 35.0 Å². The maximum Gasteiger partial charge on any atom is 0.306 e. The zero-order valence-electron chi connectivity index (χ0n) is 18.7. The van der Waals surface area contributed by atoms with Crippen LogP contribution in [0.2, 0.25) is 0 Å². The average molecular weight is 434 g/mol. The number of fused-ring (bicyclic) bond motifs is 5. The van der Waals surface area contributed by atoms with E-state index in [1.807, 2.05) is 6.08 Å². The molecule has 0 heterocycles. The normalized spacial score (nSPS) is 39.0. The number of rotatable bonds is 7. The van der Waals surface area contributed by atoms with Gasteiger partial charge in [-0.2, -0.15) is 0 Å². The van der Waals surface area contributed by atoms with Gasteiger partial charge in [-0.15, -0.1) is 10.1 Å². The molecule has 4 aliphatic rings. The quantitative estimate of drug-likeness (QED) is 0.251. The third-order valence-corrected chi connectivity index (χ3v) is 8.88. The smallest absolute Gasteiger partial charge is 0.306 e. The molecule has 7 heteroatoms. The topological polar surface area (TPSA) is 95.7 Å². The Kier molecular flexibility index (Phi) is 6.40. The highest BCUT2D eigenvalue weighted by Gasteiger charge is 2.60. The van der Waals surface area contributed by atoms with Crippen LogP contribution in [0.1, 0.15) is 78.1 Å². The second kappa shape index (κ2) is 8.91. The third kappa shape index (κ3) is 4.24. The van der Waals surface area contributed by atoms with Crippen LogP contribution in [0, 0.1) is 45.1 Å². The van der Waals surface area contributed by atoms with Crippen molar-refractivity contribution in [1.82, 2.24) is 0 Å². The predicted octanol–water partition coefficient (Wildman–Crippen LogP) is 4.66. The molecule has 172 valence electrons. The van der Waals surface area contributed by atoms with E-state index in [1.54, 1.807) is 0 Å². The van der Waals surface area contributed by atoms with Gasteiger partial charge in [-0.05, 0) is 87.0 Å². The first-order valence-corrected chi connectivity index (χ1v) is 12.0. The van der Waals surface area contributed by atoms with E-state index in [0.717, 1.165) is 44.9 Å². The minimum atomic E-state index is -0.827. The van der Waals surface area contributed by atoms with Gasteiger partial charge in [0.15, 0.2) is 5.78 Å². The Labute approximate surface area is 184 Å². The van der Waals surface area contributed by atoms with E-state index >= 15 is 0 Å². The second-order valence-corrected chi connectivity index (χ2v) is 10.3. The Morgan fingerprint density at radius 3 is 2.81 bits per heavy atom. The summed E-state index contributed by atoms with van der Waals surface area (Å²) in [7, 11) is 0. The molecule has 0 aromatic rings. The number of ether oxygens (including phenoxy) is 1. The van der Waals surface area contributed by atoms with Gasteiger partial charge in [-0.1, -0.05) is 19.4 Å². The van der Waals surface area contributed by atoms with Crippen LogP contribution < -0.4 is 0 Å². The summed E-state index contributed by atoms with van der Waals surface area (Å²) < 4.78 is 6.07. The number of nitrogens with zero attached hydrogens (tertiary/aromatic N) is 1. The summed E-state index contributed by atoms with van der Waals surface area (Å²) >= 11 is 0. The molecule has 0 aliphatic heterocycles. The molecule has 0 aromatic heterocycles. The summed E-state index contributed by atoms with van der Waals surface area (Å²) in [5.41, 5.74) is 1.40. The van der Waals surface area contributed by atoms with Gasteiger partial charge < -0.3 is 9.57 Å². The summed E-state index contributed by atoms with van der Waals surface area (Å²) in [6.45, 7) is 4.43. The molecule has 0 amide bonds. The molecule has 4 aliphatic carbocycles. The lowest BCUT2D eigenvalue weighted by atomic mass is 9.52. The minimum Gasteiger partial charge on any atom is -0.461 e. The molecule has 0 aromatic carbocycles. The van der Waals surface area contributed by atoms with Crippen LogP contribution in [0.4, 0.5) is 0 Å². The highest BCUT2D eigenvalue weighted by molar-refractivity contribution is 5.91.